The maximum absolute atomic E-state index is 12.1. The molecule has 1 aromatic rings. The number of benzene rings is 1. The lowest BCUT2D eigenvalue weighted by Gasteiger charge is -2.24. The molecule has 1 atom stereocenters. The van der Waals surface area contributed by atoms with Crippen LogP contribution in [0, 0.1) is 0 Å². The van der Waals surface area contributed by atoms with Gasteiger partial charge >= 0.3 is 5.97 Å². The van der Waals surface area contributed by atoms with Crippen LogP contribution >= 0.6 is 0 Å². The average Bonchev–Trinajstić information content (AvgIpc) is 2.73. The van der Waals surface area contributed by atoms with E-state index in [1.165, 1.54) is 44.7 Å². The predicted octanol–water partition coefficient (Wildman–Crippen LogP) is 5.51. The lowest BCUT2D eigenvalue weighted by Crippen LogP contribution is -2.20. The third-order valence-corrected chi connectivity index (χ3v) is 5.15. The maximum Gasteiger partial charge on any atom is 0.338 e. The second-order valence-electron chi connectivity index (χ2n) is 7.51. The number of nitrogens with one attached hydrogen (secondary N) is 1. The Morgan fingerprint density at radius 2 is 1.60 bits per heavy atom. The highest BCUT2D eigenvalue weighted by Gasteiger charge is 2.29. The smallest absolute Gasteiger partial charge is 0.338 e. The molecule has 0 saturated carbocycles. The van der Waals surface area contributed by atoms with Gasteiger partial charge in [-0.3, -0.25) is 0 Å². The molecule has 2 rings (SSSR count). The number of anilines is 1. The van der Waals surface area contributed by atoms with Crippen molar-refractivity contribution in [2.75, 3.05) is 25.1 Å². The van der Waals surface area contributed by atoms with Gasteiger partial charge in [0.15, 0.2) is 11.5 Å². The van der Waals surface area contributed by atoms with Crippen LogP contribution in [0.1, 0.15) is 83.8 Å². The van der Waals surface area contributed by atoms with Crippen molar-refractivity contribution in [3.63, 3.8) is 0 Å². The minimum absolute atomic E-state index is 0.183. The topological polar surface area (TPSA) is 77.0 Å². The first-order valence-corrected chi connectivity index (χ1v) is 11.4. The van der Waals surface area contributed by atoms with Gasteiger partial charge in [0.25, 0.3) is 0 Å². The molecule has 0 aliphatic carbocycles. The van der Waals surface area contributed by atoms with Gasteiger partial charge in [-0.25, -0.2) is 4.79 Å². The van der Waals surface area contributed by atoms with Gasteiger partial charge in [-0.15, -0.1) is 0 Å². The third-order valence-electron chi connectivity index (χ3n) is 5.15. The Labute approximate surface area is 180 Å². The summed E-state index contributed by atoms with van der Waals surface area (Å²) in [6.07, 6.45) is 10.3. The molecule has 0 fully saturated rings. The van der Waals surface area contributed by atoms with Gasteiger partial charge in [-0.2, -0.15) is 0 Å². The summed E-state index contributed by atoms with van der Waals surface area (Å²) in [6, 6.07) is 3.57. The lowest BCUT2D eigenvalue weighted by atomic mass is 9.97. The van der Waals surface area contributed by atoms with Crippen LogP contribution in [0.2, 0.25) is 0 Å². The van der Waals surface area contributed by atoms with Gasteiger partial charge in [-0.05, 0) is 26.3 Å². The van der Waals surface area contributed by atoms with Crippen molar-refractivity contribution in [1.82, 2.24) is 0 Å². The van der Waals surface area contributed by atoms with E-state index >= 15 is 0 Å². The molecule has 0 spiro atoms. The Kier molecular flexibility index (Phi) is 10.6. The molecule has 0 saturated heterocycles. The number of hydrogen-bond donors (Lipinski definition) is 2. The van der Waals surface area contributed by atoms with E-state index in [0.717, 1.165) is 12.8 Å². The molecular formula is C24H37NO5. The van der Waals surface area contributed by atoms with E-state index in [1.54, 1.807) is 13.0 Å². The fourth-order valence-corrected chi connectivity index (χ4v) is 3.51. The van der Waals surface area contributed by atoms with E-state index in [-0.39, 0.29) is 12.2 Å². The Bertz CT molecular complexity index is 701. The summed E-state index contributed by atoms with van der Waals surface area (Å²) in [7, 11) is 0. The van der Waals surface area contributed by atoms with Crippen molar-refractivity contribution in [3.8, 4) is 11.5 Å². The fourth-order valence-electron chi connectivity index (χ4n) is 3.51. The average molecular weight is 420 g/mol. The first kappa shape index (κ1) is 24.1. The minimum atomic E-state index is -1.07. The van der Waals surface area contributed by atoms with Crippen molar-refractivity contribution in [2.45, 2.75) is 78.2 Å². The van der Waals surface area contributed by atoms with E-state index in [1.807, 2.05) is 13.0 Å². The lowest BCUT2D eigenvalue weighted by molar-refractivity contribution is -0.139. The van der Waals surface area contributed by atoms with Crippen LogP contribution in [0.25, 0.3) is 0 Å². The molecule has 1 aliphatic heterocycles. The van der Waals surface area contributed by atoms with E-state index in [4.69, 9.17) is 14.2 Å². The molecule has 0 radical (unpaired) electrons. The number of hydrogen-bond acceptors (Lipinski definition) is 6. The normalized spacial score (nSPS) is 15.1. The summed E-state index contributed by atoms with van der Waals surface area (Å²) in [5.74, 6) is 0.687. The molecule has 0 bridgehead atoms. The molecule has 0 unspecified atom stereocenters. The van der Waals surface area contributed by atoms with Crippen molar-refractivity contribution in [3.05, 3.63) is 29.5 Å². The molecule has 0 aromatic heterocycles. The number of fused-ring (bicyclic) bond motifs is 1. The van der Waals surface area contributed by atoms with E-state index in [0.29, 0.717) is 36.0 Å². The largest absolute Gasteiger partial charge is 0.490 e. The molecule has 0 amide bonds. The second-order valence-corrected chi connectivity index (χ2v) is 7.51. The molecule has 6 heteroatoms. The van der Waals surface area contributed by atoms with Crippen LogP contribution in [0.5, 0.6) is 11.5 Å². The summed E-state index contributed by atoms with van der Waals surface area (Å²) >= 11 is 0. The molecule has 168 valence electrons. The molecule has 2 N–H and O–H groups in total. The number of carbonyl (C=O) groups is 1. The van der Waals surface area contributed by atoms with Crippen molar-refractivity contribution in [1.29, 1.82) is 0 Å². The van der Waals surface area contributed by atoms with Crippen molar-refractivity contribution < 1.29 is 24.1 Å². The van der Waals surface area contributed by atoms with Crippen molar-refractivity contribution in [2.24, 2.45) is 0 Å². The molecular weight excluding hydrogens is 382 g/mol. The zero-order chi connectivity index (χ0) is 21.8. The van der Waals surface area contributed by atoms with Gasteiger partial charge in [0, 0.05) is 23.5 Å². The fraction of sp³-hybridized carbons (Fsp3) is 0.625. The quantitative estimate of drug-likeness (QED) is 0.306. The highest BCUT2D eigenvalue weighted by atomic mass is 16.5. The first-order valence-electron chi connectivity index (χ1n) is 11.4. The summed E-state index contributed by atoms with van der Waals surface area (Å²) in [5, 5.41) is 13.7. The number of esters is 1. The molecule has 1 aromatic carbocycles. The monoisotopic (exact) mass is 419 g/mol. The Hall–Kier alpha value is -2.21. The molecule has 1 heterocycles. The second kappa shape index (κ2) is 13.2. The summed E-state index contributed by atoms with van der Waals surface area (Å²) in [6.45, 7) is 7.25. The van der Waals surface area contributed by atoms with Crippen LogP contribution in [-0.4, -0.2) is 30.9 Å². The number of aliphatic hydroxyl groups is 1. The SMILES string of the molecule is CCCCCCCCCCOc1cc2c(cc1OCC)NC=C(C(=O)OCC)[C@@H]2O. The highest BCUT2D eigenvalue weighted by Crippen LogP contribution is 2.41. The van der Waals surface area contributed by atoms with Gasteiger partial charge < -0.3 is 24.6 Å². The Balaban J connectivity index is 1.95. The molecule has 30 heavy (non-hydrogen) atoms. The predicted molar refractivity (Wildman–Crippen MR) is 119 cm³/mol. The van der Waals surface area contributed by atoms with Crippen LogP contribution in [-0.2, 0) is 9.53 Å². The van der Waals surface area contributed by atoms with Gasteiger partial charge in [0.05, 0.1) is 25.4 Å². The number of ether oxygens (including phenoxy) is 3. The van der Waals surface area contributed by atoms with E-state index < -0.39 is 12.1 Å². The number of unbranched alkanes of at least 4 members (excludes halogenated alkanes) is 7. The van der Waals surface area contributed by atoms with E-state index in [2.05, 4.69) is 12.2 Å². The first-order chi connectivity index (χ1) is 14.6. The molecule has 6 nitrogen and oxygen atoms in total. The van der Waals surface area contributed by atoms with Gasteiger partial charge in [0.2, 0.25) is 0 Å². The highest BCUT2D eigenvalue weighted by molar-refractivity contribution is 5.92. The summed E-state index contributed by atoms with van der Waals surface area (Å²) < 4.78 is 16.7. The van der Waals surface area contributed by atoms with Crippen molar-refractivity contribution >= 4 is 11.7 Å². The third kappa shape index (κ3) is 6.94. The Morgan fingerprint density at radius 3 is 2.27 bits per heavy atom. The van der Waals surface area contributed by atoms with Crippen LogP contribution in [0.4, 0.5) is 5.69 Å². The standard InChI is InChI=1S/C24H37NO5/c1-4-7-8-9-10-11-12-13-14-30-21-15-18-20(16-22(21)28-5-2)25-17-19(23(18)26)24(27)29-6-3/h15-17,23,25-26H,4-14H2,1-3H3/t23-/m1/s1. The number of aliphatic hydroxyl groups excluding tert-OH is 1. The maximum atomic E-state index is 12.1. The van der Waals surface area contributed by atoms with E-state index in [9.17, 15) is 9.90 Å². The van der Waals surface area contributed by atoms with Crippen LogP contribution in [0.3, 0.4) is 0 Å². The zero-order valence-electron chi connectivity index (χ0n) is 18.7. The zero-order valence-corrected chi connectivity index (χ0v) is 18.7. The number of carbonyl (C=O) groups excluding carboxylic acids is 1. The van der Waals surface area contributed by atoms with Gasteiger partial charge in [0.1, 0.15) is 6.10 Å². The van der Waals surface area contributed by atoms with Crippen LogP contribution < -0.4 is 14.8 Å². The summed E-state index contributed by atoms with van der Waals surface area (Å²) in [5.41, 5.74) is 1.45. The minimum Gasteiger partial charge on any atom is -0.490 e. The Morgan fingerprint density at radius 1 is 0.933 bits per heavy atom. The summed E-state index contributed by atoms with van der Waals surface area (Å²) in [4.78, 5) is 12.1. The number of rotatable bonds is 14. The molecule has 1 aliphatic rings. The van der Waals surface area contributed by atoms with Crippen LogP contribution in [0.15, 0.2) is 23.9 Å². The van der Waals surface area contributed by atoms with Gasteiger partial charge in [-0.1, -0.05) is 51.9 Å².